The van der Waals surface area contributed by atoms with Crippen LogP contribution in [0.1, 0.15) is 13.3 Å². The van der Waals surface area contributed by atoms with Crippen molar-refractivity contribution in [2.45, 2.75) is 19.3 Å². The summed E-state index contributed by atoms with van der Waals surface area (Å²) in [6.45, 7) is 1.44. The standard InChI is InChI=1S/C6H11F2NO2S/c1-2-3-6(7,8)4-5-12(9,10)11/h2-3H,4-5H2,1H3,(H2,9,10,11)/b3-2+. The largest absolute Gasteiger partial charge is 0.267 e. The Hall–Kier alpha value is -0.490. The molecule has 0 atom stereocenters. The number of allylic oxidation sites excluding steroid dienone is 2. The predicted molar refractivity (Wildman–Crippen MR) is 42.4 cm³/mol. The minimum atomic E-state index is -3.79. The summed E-state index contributed by atoms with van der Waals surface area (Å²) in [6.07, 6.45) is 1.05. The van der Waals surface area contributed by atoms with Crippen LogP contribution in [0.15, 0.2) is 12.2 Å². The highest BCUT2D eigenvalue weighted by Gasteiger charge is 2.26. The first kappa shape index (κ1) is 11.5. The van der Waals surface area contributed by atoms with Crippen LogP contribution >= 0.6 is 0 Å². The minimum Gasteiger partial charge on any atom is -0.229 e. The zero-order valence-corrected chi connectivity index (χ0v) is 7.44. The molecule has 0 aliphatic heterocycles. The monoisotopic (exact) mass is 199 g/mol. The molecule has 0 aromatic rings. The van der Waals surface area contributed by atoms with Crippen molar-refractivity contribution in [1.82, 2.24) is 0 Å². The van der Waals surface area contributed by atoms with Crippen LogP contribution in [0.5, 0.6) is 0 Å². The Kier molecular flexibility index (Phi) is 3.79. The highest BCUT2D eigenvalue weighted by Crippen LogP contribution is 2.20. The van der Waals surface area contributed by atoms with Crippen LogP contribution in [0.3, 0.4) is 0 Å². The summed E-state index contributed by atoms with van der Waals surface area (Å²) in [5, 5.41) is 4.55. The zero-order chi connectivity index (χ0) is 9.83. The number of hydrogen-bond donors (Lipinski definition) is 1. The van der Waals surface area contributed by atoms with Gasteiger partial charge in [0.1, 0.15) is 0 Å². The van der Waals surface area contributed by atoms with Crippen molar-refractivity contribution in [3.8, 4) is 0 Å². The summed E-state index contributed by atoms with van der Waals surface area (Å²) in [4.78, 5) is 0. The Balaban J connectivity index is 4.10. The third-order valence-electron chi connectivity index (χ3n) is 1.13. The van der Waals surface area contributed by atoms with Crippen LogP contribution in [0.2, 0.25) is 0 Å². The van der Waals surface area contributed by atoms with Crippen LogP contribution in [-0.2, 0) is 10.0 Å². The molecule has 0 saturated heterocycles. The number of halogens is 2. The van der Waals surface area contributed by atoms with Gasteiger partial charge in [-0.25, -0.2) is 22.3 Å². The van der Waals surface area contributed by atoms with Crippen molar-refractivity contribution in [2.24, 2.45) is 5.14 Å². The molecule has 0 radical (unpaired) electrons. The van der Waals surface area contributed by atoms with Gasteiger partial charge in [0.15, 0.2) is 0 Å². The zero-order valence-electron chi connectivity index (χ0n) is 6.63. The van der Waals surface area contributed by atoms with Crippen LogP contribution in [0, 0.1) is 0 Å². The molecular weight excluding hydrogens is 188 g/mol. The van der Waals surface area contributed by atoms with Crippen LogP contribution in [0.4, 0.5) is 8.78 Å². The molecule has 0 aliphatic carbocycles. The first-order chi connectivity index (χ1) is 5.27. The molecular formula is C6H11F2NO2S. The van der Waals surface area contributed by atoms with E-state index in [9.17, 15) is 17.2 Å². The molecule has 2 N–H and O–H groups in total. The van der Waals surface area contributed by atoms with Gasteiger partial charge in [0.05, 0.1) is 5.75 Å². The third-order valence-corrected chi connectivity index (χ3v) is 1.90. The van der Waals surface area contributed by atoms with E-state index in [0.717, 1.165) is 0 Å². The third kappa shape index (κ3) is 6.23. The van der Waals surface area contributed by atoms with Gasteiger partial charge >= 0.3 is 0 Å². The van der Waals surface area contributed by atoms with Crippen molar-refractivity contribution >= 4 is 10.0 Å². The molecule has 0 saturated carbocycles. The van der Waals surface area contributed by atoms with Crippen molar-refractivity contribution in [2.75, 3.05) is 5.75 Å². The average Bonchev–Trinajstić information content (AvgIpc) is 1.83. The Labute approximate surface area is 70.3 Å². The molecule has 0 fully saturated rings. The number of primary sulfonamides is 1. The maximum absolute atomic E-state index is 12.5. The van der Waals surface area contributed by atoms with Crippen LogP contribution in [-0.4, -0.2) is 20.1 Å². The molecule has 0 unspecified atom stereocenters. The molecule has 0 heterocycles. The lowest BCUT2D eigenvalue weighted by molar-refractivity contribution is 0.0518. The lowest BCUT2D eigenvalue weighted by Crippen LogP contribution is -2.23. The van der Waals surface area contributed by atoms with Gasteiger partial charge in [-0.15, -0.1) is 0 Å². The Morgan fingerprint density at radius 2 is 2.00 bits per heavy atom. The lowest BCUT2D eigenvalue weighted by Gasteiger charge is -2.09. The van der Waals surface area contributed by atoms with Gasteiger partial charge in [-0.3, -0.25) is 0 Å². The topological polar surface area (TPSA) is 60.2 Å². The normalized spacial score (nSPS) is 14.0. The van der Waals surface area contributed by atoms with Crippen LogP contribution in [0.25, 0.3) is 0 Å². The summed E-state index contributed by atoms with van der Waals surface area (Å²) >= 11 is 0. The second-order valence-electron chi connectivity index (χ2n) is 2.38. The van der Waals surface area contributed by atoms with Crippen molar-refractivity contribution in [1.29, 1.82) is 0 Å². The van der Waals surface area contributed by atoms with Gasteiger partial charge in [0, 0.05) is 6.42 Å². The average molecular weight is 199 g/mol. The first-order valence-corrected chi connectivity index (χ1v) is 5.00. The van der Waals surface area contributed by atoms with Crippen molar-refractivity contribution in [3.63, 3.8) is 0 Å². The van der Waals surface area contributed by atoms with Gasteiger partial charge in [-0.1, -0.05) is 6.08 Å². The highest BCUT2D eigenvalue weighted by molar-refractivity contribution is 7.89. The molecule has 12 heavy (non-hydrogen) atoms. The SMILES string of the molecule is C/C=C/C(F)(F)CCS(N)(=O)=O. The van der Waals surface area contributed by atoms with E-state index < -0.39 is 28.1 Å². The molecule has 72 valence electrons. The first-order valence-electron chi connectivity index (χ1n) is 3.29. The fourth-order valence-electron chi connectivity index (χ4n) is 0.606. The molecule has 0 rings (SSSR count). The number of rotatable bonds is 4. The summed E-state index contributed by atoms with van der Waals surface area (Å²) in [7, 11) is -3.79. The smallest absolute Gasteiger partial charge is 0.229 e. The van der Waals surface area contributed by atoms with E-state index in [4.69, 9.17) is 0 Å². The highest BCUT2D eigenvalue weighted by atomic mass is 32.2. The number of nitrogens with two attached hydrogens (primary N) is 1. The molecule has 0 spiro atoms. The van der Waals surface area contributed by atoms with Crippen LogP contribution < -0.4 is 5.14 Å². The number of sulfonamides is 1. The van der Waals surface area contributed by atoms with E-state index in [1.807, 2.05) is 0 Å². The van der Waals surface area contributed by atoms with Crippen molar-refractivity contribution in [3.05, 3.63) is 12.2 Å². The van der Waals surface area contributed by atoms with E-state index in [0.29, 0.717) is 6.08 Å². The minimum absolute atomic E-state index is 0.651. The van der Waals surface area contributed by atoms with E-state index in [1.165, 1.54) is 13.0 Å². The van der Waals surface area contributed by atoms with E-state index >= 15 is 0 Å². The maximum atomic E-state index is 12.5. The van der Waals surface area contributed by atoms with Gasteiger partial charge < -0.3 is 0 Å². The van der Waals surface area contributed by atoms with Crippen molar-refractivity contribution < 1.29 is 17.2 Å². The fourth-order valence-corrected chi connectivity index (χ4v) is 1.16. The second kappa shape index (κ2) is 3.95. The number of alkyl halides is 2. The molecule has 3 nitrogen and oxygen atoms in total. The Morgan fingerprint density at radius 3 is 2.33 bits per heavy atom. The van der Waals surface area contributed by atoms with Gasteiger partial charge in [0.2, 0.25) is 10.0 Å². The van der Waals surface area contributed by atoms with Gasteiger partial charge in [0.25, 0.3) is 5.92 Å². The Morgan fingerprint density at radius 1 is 1.50 bits per heavy atom. The molecule has 0 amide bonds. The van der Waals surface area contributed by atoms with E-state index in [1.54, 1.807) is 0 Å². The number of hydrogen-bond acceptors (Lipinski definition) is 2. The van der Waals surface area contributed by atoms with E-state index in [2.05, 4.69) is 5.14 Å². The summed E-state index contributed by atoms with van der Waals surface area (Å²) in [5.74, 6) is -3.79. The summed E-state index contributed by atoms with van der Waals surface area (Å²) in [5.41, 5.74) is 0. The van der Waals surface area contributed by atoms with Gasteiger partial charge in [-0.2, -0.15) is 0 Å². The predicted octanol–water partition coefficient (Wildman–Crippen LogP) is 0.876. The molecule has 0 bridgehead atoms. The molecule has 0 aliphatic rings. The quantitative estimate of drug-likeness (QED) is 0.683. The fraction of sp³-hybridized carbons (Fsp3) is 0.667. The molecule has 0 aromatic carbocycles. The summed E-state index contributed by atoms with van der Waals surface area (Å²) in [6, 6.07) is 0. The molecule has 6 heteroatoms. The second-order valence-corrected chi connectivity index (χ2v) is 4.11. The van der Waals surface area contributed by atoms with E-state index in [-0.39, 0.29) is 0 Å². The maximum Gasteiger partial charge on any atom is 0.267 e. The summed E-state index contributed by atoms with van der Waals surface area (Å²) < 4.78 is 45.7. The Bertz CT molecular complexity index is 259. The van der Waals surface area contributed by atoms with Gasteiger partial charge in [-0.05, 0) is 13.0 Å². The lowest BCUT2D eigenvalue weighted by atomic mass is 10.2. The molecule has 0 aromatic heterocycles.